The van der Waals surface area contributed by atoms with Crippen LogP contribution in [0.3, 0.4) is 0 Å². The molecule has 21 heavy (non-hydrogen) atoms. The molecule has 1 atom stereocenters. The van der Waals surface area contributed by atoms with E-state index in [-0.39, 0.29) is 17.9 Å². The number of carbonyl (C=O) groups excluding carboxylic acids is 2. The molecule has 112 valence electrons. The maximum atomic E-state index is 12.2. The smallest absolute Gasteiger partial charge is 0.290 e. The van der Waals surface area contributed by atoms with Crippen LogP contribution < -0.4 is 0 Å². The number of hydrogen-bond acceptors (Lipinski definition) is 4. The number of hydrogen-bond donors (Lipinski definition) is 1. The molecular formula is C15H16ClNO4. The van der Waals surface area contributed by atoms with Gasteiger partial charge in [-0.05, 0) is 18.6 Å². The zero-order valence-electron chi connectivity index (χ0n) is 11.8. The standard InChI is InChI=1S/C15H16ClNO4/c1-9(18)12-13(10-5-3-4-6-11(10)16)17(7-8-21-2)15(20)14(12)19/h3-6,13,19H,7-8H2,1-2H3/t13-/m0/s1. The Hall–Kier alpha value is -1.85. The van der Waals surface area contributed by atoms with E-state index in [0.29, 0.717) is 17.2 Å². The molecule has 5 nitrogen and oxygen atoms in total. The minimum absolute atomic E-state index is 0.0733. The van der Waals surface area contributed by atoms with E-state index >= 15 is 0 Å². The van der Waals surface area contributed by atoms with Gasteiger partial charge in [0.1, 0.15) is 0 Å². The molecule has 0 spiro atoms. The van der Waals surface area contributed by atoms with E-state index in [1.807, 2.05) is 0 Å². The van der Waals surface area contributed by atoms with Gasteiger partial charge in [-0.2, -0.15) is 0 Å². The van der Waals surface area contributed by atoms with E-state index in [9.17, 15) is 14.7 Å². The van der Waals surface area contributed by atoms with Crippen LogP contribution in [0, 0.1) is 0 Å². The molecular weight excluding hydrogens is 294 g/mol. The monoisotopic (exact) mass is 309 g/mol. The Labute approximate surface area is 127 Å². The Balaban J connectivity index is 2.52. The van der Waals surface area contributed by atoms with Crippen LogP contribution in [0.1, 0.15) is 18.5 Å². The van der Waals surface area contributed by atoms with Gasteiger partial charge in [0, 0.05) is 18.7 Å². The van der Waals surface area contributed by atoms with Crippen molar-refractivity contribution in [3.63, 3.8) is 0 Å². The molecule has 1 aliphatic heterocycles. The number of Topliss-reactive ketones (excluding diaryl/α,β-unsaturated/α-hetero) is 1. The van der Waals surface area contributed by atoms with Crippen molar-refractivity contribution in [2.24, 2.45) is 0 Å². The first-order chi connectivity index (χ1) is 9.99. The maximum Gasteiger partial charge on any atom is 0.290 e. The predicted octanol–water partition coefficient (Wildman–Crippen LogP) is 2.27. The van der Waals surface area contributed by atoms with Crippen molar-refractivity contribution in [2.75, 3.05) is 20.3 Å². The zero-order valence-corrected chi connectivity index (χ0v) is 12.6. The molecule has 1 heterocycles. The number of rotatable bonds is 5. The summed E-state index contributed by atoms with van der Waals surface area (Å²) in [5, 5.41) is 10.4. The predicted molar refractivity (Wildman–Crippen MR) is 78.1 cm³/mol. The molecule has 1 N–H and O–H groups in total. The molecule has 1 aromatic rings. The number of nitrogens with zero attached hydrogens (tertiary/aromatic N) is 1. The number of amides is 1. The first-order valence-corrected chi connectivity index (χ1v) is 6.85. The summed E-state index contributed by atoms with van der Waals surface area (Å²) in [5.74, 6) is -1.45. The molecule has 6 heteroatoms. The topological polar surface area (TPSA) is 66.8 Å². The zero-order chi connectivity index (χ0) is 15.6. The summed E-state index contributed by atoms with van der Waals surface area (Å²) in [6.07, 6.45) is 0. The third kappa shape index (κ3) is 2.80. The lowest BCUT2D eigenvalue weighted by Crippen LogP contribution is -2.34. The maximum absolute atomic E-state index is 12.2. The molecule has 0 saturated heterocycles. The number of carbonyl (C=O) groups is 2. The molecule has 0 radical (unpaired) electrons. The molecule has 0 fully saturated rings. The number of ether oxygens (including phenoxy) is 1. The fourth-order valence-corrected chi connectivity index (χ4v) is 2.69. The van der Waals surface area contributed by atoms with Gasteiger partial charge >= 0.3 is 0 Å². The van der Waals surface area contributed by atoms with E-state index in [1.54, 1.807) is 24.3 Å². The summed E-state index contributed by atoms with van der Waals surface area (Å²) < 4.78 is 4.99. The highest BCUT2D eigenvalue weighted by Gasteiger charge is 2.42. The van der Waals surface area contributed by atoms with Gasteiger partial charge in [0.2, 0.25) is 0 Å². The van der Waals surface area contributed by atoms with Crippen LogP contribution in [-0.4, -0.2) is 42.0 Å². The van der Waals surface area contributed by atoms with Crippen molar-refractivity contribution in [1.29, 1.82) is 0 Å². The normalized spacial score (nSPS) is 18.5. The third-order valence-electron chi connectivity index (χ3n) is 3.42. The average molecular weight is 310 g/mol. The summed E-state index contributed by atoms with van der Waals surface area (Å²) in [4.78, 5) is 25.4. The van der Waals surface area contributed by atoms with Crippen molar-refractivity contribution in [1.82, 2.24) is 4.90 Å². The van der Waals surface area contributed by atoms with E-state index in [4.69, 9.17) is 16.3 Å². The van der Waals surface area contributed by atoms with Gasteiger partial charge in [-0.1, -0.05) is 29.8 Å². The largest absolute Gasteiger partial charge is 0.503 e. The van der Waals surface area contributed by atoms with Gasteiger partial charge in [0.05, 0.1) is 18.2 Å². The number of aliphatic hydroxyl groups excluding tert-OH is 1. The Morgan fingerprint density at radius 1 is 1.43 bits per heavy atom. The van der Waals surface area contributed by atoms with E-state index in [1.165, 1.54) is 18.9 Å². The molecule has 0 bridgehead atoms. The van der Waals surface area contributed by atoms with E-state index in [2.05, 4.69) is 0 Å². The van der Waals surface area contributed by atoms with Crippen molar-refractivity contribution < 1.29 is 19.4 Å². The van der Waals surface area contributed by atoms with Gasteiger partial charge in [0.25, 0.3) is 5.91 Å². The van der Waals surface area contributed by atoms with E-state index < -0.39 is 17.7 Å². The lowest BCUT2D eigenvalue weighted by atomic mass is 9.97. The number of aliphatic hydroxyl groups is 1. The number of ketones is 1. The van der Waals surface area contributed by atoms with Gasteiger partial charge in [-0.15, -0.1) is 0 Å². The molecule has 0 aromatic heterocycles. The second-order valence-electron chi connectivity index (χ2n) is 4.73. The van der Waals surface area contributed by atoms with Crippen LogP contribution in [0.4, 0.5) is 0 Å². The summed E-state index contributed by atoms with van der Waals surface area (Å²) >= 11 is 6.18. The molecule has 0 aliphatic carbocycles. The van der Waals surface area contributed by atoms with Gasteiger partial charge < -0.3 is 14.7 Å². The molecule has 1 amide bonds. The minimum atomic E-state index is -0.682. The molecule has 0 saturated carbocycles. The quantitative estimate of drug-likeness (QED) is 0.906. The highest BCUT2D eigenvalue weighted by molar-refractivity contribution is 6.31. The second-order valence-corrected chi connectivity index (χ2v) is 5.14. The van der Waals surface area contributed by atoms with Crippen molar-refractivity contribution in [3.05, 3.63) is 46.2 Å². The Bertz CT molecular complexity index is 611. The Morgan fingerprint density at radius 3 is 2.67 bits per heavy atom. The lowest BCUT2D eigenvalue weighted by Gasteiger charge is -2.26. The average Bonchev–Trinajstić information content (AvgIpc) is 2.69. The highest BCUT2D eigenvalue weighted by atomic mass is 35.5. The van der Waals surface area contributed by atoms with Crippen LogP contribution in [0.15, 0.2) is 35.6 Å². The SMILES string of the molecule is COCCN1C(=O)C(O)=C(C(C)=O)[C@@H]1c1ccccc1Cl. The number of methoxy groups -OCH3 is 1. The first kappa shape index (κ1) is 15.5. The number of benzene rings is 1. The Morgan fingerprint density at radius 2 is 2.10 bits per heavy atom. The summed E-state index contributed by atoms with van der Waals surface area (Å²) in [6, 6.07) is 6.27. The van der Waals surface area contributed by atoms with Gasteiger partial charge in [-0.25, -0.2) is 0 Å². The van der Waals surface area contributed by atoms with Crippen molar-refractivity contribution in [3.8, 4) is 0 Å². The highest BCUT2D eigenvalue weighted by Crippen LogP contribution is 2.39. The van der Waals surface area contributed by atoms with Crippen LogP contribution >= 0.6 is 11.6 Å². The summed E-state index contributed by atoms with van der Waals surface area (Å²) in [5.41, 5.74) is 0.682. The van der Waals surface area contributed by atoms with Gasteiger partial charge in [-0.3, -0.25) is 9.59 Å². The third-order valence-corrected chi connectivity index (χ3v) is 3.76. The molecule has 1 aromatic carbocycles. The van der Waals surface area contributed by atoms with Gasteiger partial charge in [0.15, 0.2) is 11.5 Å². The fourth-order valence-electron chi connectivity index (χ4n) is 2.45. The first-order valence-electron chi connectivity index (χ1n) is 6.47. The second kappa shape index (κ2) is 6.28. The fraction of sp³-hybridized carbons (Fsp3) is 0.333. The summed E-state index contributed by atoms with van der Waals surface area (Å²) in [7, 11) is 1.52. The van der Waals surface area contributed by atoms with E-state index in [0.717, 1.165) is 0 Å². The number of halogens is 1. The summed E-state index contributed by atoms with van der Waals surface area (Å²) in [6.45, 7) is 1.87. The van der Waals surface area contributed by atoms with Crippen molar-refractivity contribution in [2.45, 2.75) is 13.0 Å². The van der Waals surface area contributed by atoms with Crippen LogP contribution in [0.5, 0.6) is 0 Å². The van der Waals surface area contributed by atoms with Crippen LogP contribution in [0.25, 0.3) is 0 Å². The molecule has 0 unspecified atom stereocenters. The molecule has 2 rings (SSSR count). The lowest BCUT2D eigenvalue weighted by molar-refractivity contribution is -0.130. The van der Waals surface area contributed by atoms with Crippen LogP contribution in [-0.2, 0) is 14.3 Å². The Kier molecular flexibility index (Phi) is 4.65. The van der Waals surface area contributed by atoms with Crippen LogP contribution in [0.2, 0.25) is 5.02 Å². The molecule has 1 aliphatic rings. The van der Waals surface area contributed by atoms with Crippen molar-refractivity contribution >= 4 is 23.3 Å². The minimum Gasteiger partial charge on any atom is -0.503 e.